The highest BCUT2D eigenvalue weighted by Crippen LogP contribution is 2.17. The van der Waals surface area contributed by atoms with Crippen LogP contribution in [0.2, 0.25) is 0 Å². The topological polar surface area (TPSA) is 80.9 Å². The molecule has 0 fully saturated rings. The molecule has 0 saturated carbocycles. The lowest BCUT2D eigenvalue weighted by atomic mass is 10.1. The van der Waals surface area contributed by atoms with Crippen molar-refractivity contribution in [1.82, 2.24) is 20.5 Å². The largest absolute Gasteiger partial charge is 0.420 e. The molecule has 2 heterocycles. The normalized spacial score (nSPS) is 11.9. The molecule has 24 heavy (non-hydrogen) atoms. The van der Waals surface area contributed by atoms with Gasteiger partial charge < -0.3 is 9.73 Å². The Labute approximate surface area is 137 Å². The van der Waals surface area contributed by atoms with Crippen molar-refractivity contribution in [3.05, 3.63) is 66.1 Å². The van der Waals surface area contributed by atoms with E-state index in [-0.39, 0.29) is 30.1 Å². The molecule has 0 aliphatic heterocycles. The van der Waals surface area contributed by atoms with E-state index >= 15 is 0 Å². The molecule has 1 aromatic carbocycles. The second-order valence-electron chi connectivity index (χ2n) is 5.25. The van der Waals surface area contributed by atoms with Crippen LogP contribution in [0.1, 0.15) is 24.4 Å². The van der Waals surface area contributed by atoms with E-state index in [4.69, 9.17) is 4.42 Å². The summed E-state index contributed by atoms with van der Waals surface area (Å²) in [6, 6.07) is 9.22. The van der Waals surface area contributed by atoms with Gasteiger partial charge in [0.1, 0.15) is 12.2 Å². The summed E-state index contributed by atoms with van der Waals surface area (Å²) in [5.41, 5.74) is 1.55. The average Bonchev–Trinajstić information content (AvgIpc) is 3.04. The van der Waals surface area contributed by atoms with Gasteiger partial charge in [-0.3, -0.25) is 9.78 Å². The third kappa shape index (κ3) is 3.81. The standard InChI is InChI=1S/C17H15FN4O2/c1-11(12-2-4-14(18)5-3-12)20-15(23)10-16-21-22-17(24-16)13-6-8-19-9-7-13/h2-9,11H,10H2,1H3,(H,20,23). The van der Waals surface area contributed by atoms with Crippen molar-refractivity contribution in [2.45, 2.75) is 19.4 Å². The minimum atomic E-state index is -0.313. The summed E-state index contributed by atoms with van der Waals surface area (Å²) >= 11 is 0. The maximum Gasteiger partial charge on any atom is 0.247 e. The molecule has 1 N–H and O–H groups in total. The molecule has 1 unspecified atom stereocenters. The average molecular weight is 326 g/mol. The van der Waals surface area contributed by atoms with Crippen LogP contribution in [0, 0.1) is 5.82 Å². The van der Waals surface area contributed by atoms with Gasteiger partial charge in [0.05, 0.1) is 6.04 Å². The highest BCUT2D eigenvalue weighted by molar-refractivity contribution is 5.78. The monoisotopic (exact) mass is 326 g/mol. The lowest BCUT2D eigenvalue weighted by Crippen LogP contribution is -2.28. The van der Waals surface area contributed by atoms with Gasteiger partial charge in [0.15, 0.2) is 0 Å². The second-order valence-corrected chi connectivity index (χ2v) is 5.25. The molecule has 0 radical (unpaired) electrons. The van der Waals surface area contributed by atoms with Gasteiger partial charge in [-0.25, -0.2) is 4.39 Å². The van der Waals surface area contributed by atoms with E-state index in [9.17, 15) is 9.18 Å². The molecule has 0 aliphatic carbocycles. The number of benzene rings is 1. The molecule has 0 bridgehead atoms. The van der Waals surface area contributed by atoms with Crippen molar-refractivity contribution >= 4 is 5.91 Å². The number of amides is 1. The van der Waals surface area contributed by atoms with Crippen molar-refractivity contribution in [3.8, 4) is 11.5 Å². The van der Waals surface area contributed by atoms with Crippen LogP contribution in [0.15, 0.2) is 53.2 Å². The Morgan fingerprint density at radius 1 is 1.17 bits per heavy atom. The lowest BCUT2D eigenvalue weighted by Gasteiger charge is -2.13. The summed E-state index contributed by atoms with van der Waals surface area (Å²) in [5.74, 6) is 0.000864. The van der Waals surface area contributed by atoms with Gasteiger partial charge in [0, 0.05) is 18.0 Å². The summed E-state index contributed by atoms with van der Waals surface area (Å²) in [6.07, 6.45) is 3.22. The fraction of sp³-hybridized carbons (Fsp3) is 0.176. The number of nitrogens with zero attached hydrogens (tertiary/aromatic N) is 3. The Bertz CT molecular complexity index is 818. The molecule has 0 saturated heterocycles. The summed E-state index contributed by atoms with van der Waals surface area (Å²) < 4.78 is 18.4. The molecule has 7 heteroatoms. The number of carbonyl (C=O) groups excluding carboxylic acids is 1. The quantitative estimate of drug-likeness (QED) is 0.779. The van der Waals surface area contributed by atoms with Crippen LogP contribution in [0.25, 0.3) is 11.5 Å². The Kier molecular flexibility index (Phi) is 4.60. The first-order valence-corrected chi connectivity index (χ1v) is 7.39. The van der Waals surface area contributed by atoms with Gasteiger partial charge in [-0.1, -0.05) is 12.1 Å². The number of nitrogens with one attached hydrogen (secondary N) is 1. The Morgan fingerprint density at radius 3 is 2.58 bits per heavy atom. The zero-order chi connectivity index (χ0) is 16.9. The van der Waals surface area contributed by atoms with Crippen molar-refractivity contribution < 1.29 is 13.6 Å². The molecule has 3 rings (SSSR count). The second kappa shape index (κ2) is 6.99. The van der Waals surface area contributed by atoms with E-state index in [1.54, 1.807) is 36.7 Å². The minimum Gasteiger partial charge on any atom is -0.420 e. The fourth-order valence-electron chi connectivity index (χ4n) is 2.20. The SMILES string of the molecule is CC(NC(=O)Cc1nnc(-c2ccncc2)o1)c1ccc(F)cc1. The van der Waals surface area contributed by atoms with Gasteiger partial charge in [0.2, 0.25) is 17.7 Å². The summed E-state index contributed by atoms with van der Waals surface area (Å²) in [5, 5.41) is 10.6. The molecule has 0 aliphatic rings. The van der Waals surface area contributed by atoms with E-state index in [0.29, 0.717) is 5.89 Å². The maximum absolute atomic E-state index is 12.9. The summed E-state index contributed by atoms with van der Waals surface area (Å²) in [7, 11) is 0. The van der Waals surface area contributed by atoms with Gasteiger partial charge in [-0.15, -0.1) is 10.2 Å². The molecule has 1 atom stereocenters. The smallest absolute Gasteiger partial charge is 0.247 e. The first kappa shape index (κ1) is 15.8. The number of halogens is 1. The van der Waals surface area contributed by atoms with Crippen molar-refractivity contribution in [2.75, 3.05) is 0 Å². The molecule has 6 nitrogen and oxygen atoms in total. The van der Waals surface area contributed by atoms with Crippen LogP contribution < -0.4 is 5.32 Å². The van der Waals surface area contributed by atoms with Crippen LogP contribution in [-0.4, -0.2) is 21.1 Å². The Balaban J connectivity index is 1.61. The molecule has 3 aromatic rings. The highest BCUT2D eigenvalue weighted by atomic mass is 19.1. The van der Waals surface area contributed by atoms with E-state index in [1.807, 2.05) is 6.92 Å². The maximum atomic E-state index is 12.9. The number of pyridine rings is 1. The van der Waals surface area contributed by atoms with Crippen molar-refractivity contribution in [1.29, 1.82) is 0 Å². The predicted molar refractivity (Wildman–Crippen MR) is 84.2 cm³/mol. The number of rotatable bonds is 5. The Morgan fingerprint density at radius 2 is 1.88 bits per heavy atom. The highest BCUT2D eigenvalue weighted by Gasteiger charge is 2.15. The third-order valence-electron chi connectivity index (χ3n) is 3.45. The van der Waals surface area contributed by atoms with Gasteiger partial charge in [-0.05, 0) is 36.8 Å². The zero-order valence-electron chi connectivity index (χ0n) is 12.9. The number of aromatic nitrogens is 3. The molecule has 122 valence electrons. The Hall–Kier alpha value is -3.09. The van der Waals surface area contributed by atoms with E-state index in [0.717, 1.165) is 11.1 Å². The van der Waals surface area contributed by atoms with Crippen molar-refractivity contribution in [3.63, 3.8) is 0 Å². The fourth-order valence-corrected chi connectivity index (χ4v) is 2.20. The van der Waals surface area contributed by atoms with Gasteiger partial charge in [-0.2, -0.15) is 0 Å². The van der Waals surface area contributed by atoms with E-state index in [2.05, 4.69) is 20.5 Å². The molecule has 2 aromatic heterocycles. The van der Waals surface area contributed by atoms with Crippen LogP contribution >= 0.6 is 0 Å². The van der Waals surface area contributed by atoms with E-state index in [1.165, 1.54) is 12.1 Å². The molecule has 1 amide bonds. The third-order valence-corrected chi connectivity index (χ3v) is 3.45. The molecular formula is C17H15FN4O2. The summed E-state index contributed by atoms with van der Waals surface area (Å²) in [4.78, 5) is 16.0. The van der Waals surface area contributed by atoms with Crippen molar-refractivity contribution in [2.24, 2.45) is 0 Å². The van der Waals surface area contributed by atoms with Crippen LogP contribution in [0.3, 0.4) is 0 Å². The summed E-state index contributed by atoms with van der Waals surface area (Å²) in [6.45, 7) is 1.82. The van der Waals surface area contributed by atoms with Crippen LogP contribution in [0.5, 0.6) is 0 Å². The predicted octanol–water partition coefficient (Wildman–Crippen LogP) is 2.69. The first-order chi connectivity index (χ1) is 11.6. The van der Waals surface area contributed by atoms with Gasteiger partial charge >= 0.3 is 0 Å². The van der Waals surface area contributed by atoms with Crippen LogP contribution in [-0.2, 0) is 11.2 Å². The number of hydrogen-bond donors (Lipinski definition) is 1. The first-order valence-electron chi connectivity index (χ1n) is 7.39. The minimum absolute atomic E-state index is 0.0242. The zero-order valence-corrected chi connectivity index (χ0v) is 12.9. The van der Waals surface area contributed by atoms with E-state index < -0.39 is 0 Å². The number of carbonyl (C=O) groups is 1. The molecular weight excluding hydrogens is 311 g/mol. The lowest BCUT2D eigenvalue weighted by molar-refractivity contribution is -0.121. The molecule has 0 spiro atoms. The number of hydrogen-bond acceptors (Lipinski definition) is 5. The van der Waals surface area contributed by atoms with Gasteiger partial charge in [0.25, 0.3) is 0 Å². The van der Waals surface area contributed by atoms with Crippen LogP contribution in [0.4, 0.5) is 4.39 Å².